The minimum absolute atomic E-state index is 0.0601. The molecule has 6 heteroatoms. The quantitative estimate of drug-likeness (QED) is 0.923. The fraction of sp³-hybridized carbons (Fsp3) is 0.429. The zero-order valence-corrected chi connectivity index (χ0v) is 11.2. The van der Waals surface area contributed by atoms with Crippen molar-refractivity contribution in [2.45, 2.75) is 38.4 Å². The van der Waals surface area contributed by atoms with Crippen molar-refractivity contribution in [3.63, 3.8) is 0 Å². The van der Waals surface area contributed by atoms with Gasteiger partial charge >= 0.3 is 6.18 Å². The van der Waals surface area contributed by atoms with Gasteiger partial charge in [-0.25, -0.2) is 0 Å². The average Bonchev–Trinajstić information content (AvgIpc) is 2.38. The number of nitrogens with one attached hydrogen (secondary N) is 1. The Bertz CT molecular complexity index is 517. The van der Waals surface area contributed by atoms with Crippen molar-refractivity contribution >= 4 is 5.91 Å². The number of nitrogens with zero attached hydrogens (tertiary/aromatic N) is 1. The van der Waals surface area contributed by atoms with E-state index in [-0.39, 0.29) is 6.42 Å². The van der Waals surface area contributed by atoms with Crippen molar-refractivity contribution in [3.05, 3.63) is 35.4 Å². The van der Waals surface area contributed by atoms with Crippen LogP contribution in [0.15, 0.2) is 24.3 Å². The Balaban J connectivity index is 2.71. The molecule has 0 heterocycles. The predicted octanol–water partition coefficient (Wildman–Crippen LogP) is 3.06. The molecule has 3 nitrogen and oxygen atoms in total. The lowest BCUT2D eigenvalue weighted by Crippen LogP contribution is -2.44. The van der Waals surface area contributed by atoms with Gasteiger partial charge in [-0.15, -0.1) is 0 Å². The van der Waals surface area contributed by atoms with E-state index in [4.69, 9.17) is 5.26 Å². The van der Waals surface area contributed by atoms with Crippen LogP contribution in [-0.2, 0) is 17.4 Å². The summed E-state index contributed by atoms with van der Waals surface area (Å²) in [5, 5.41) is 11.5. The third-order valence-corrected chi connectivity index (χ3v) is 3.02. The van der Waals surface area contributed by atoms with Crippen LogP contribution in [0.25, 0.3) is 0 Å². The summed E-state index contributed by atoms with van der Waals surface area (Å²) in [4.78, 5) is 11.7. The van der Waals surface area contributed by atoms with Crippen molar-refractivity contribution in [2.75, 3.05) is 0 Å². The van der Waals surface area contributed by atoms with Crippen LogP contribution in [0.2, 0.25) is 0 Å². The Kier molecular flexibility index (Phi) is 4.77. The summed E-state index contributed by atoms with van der Waals surface area (Å²) in [5.41, 5.74) is -1.24. The van der Waals surface area contributed by atoms with E-state index in [2.05, 4.69) is 5.32 Å². The molecule has 1 amide bonds. The first-order valence-electron chi connectivity index (χ1n) is 6.08. The Labute approximate surface area is 115 Å². The second kappa shape index (κ2) is 5.95. The van der Waals surface area contributed by atoms with Crippen LogP contribution in [0, 0.1) is 11.3 Å². The summed E-state index contributed by atoms with van der Waals surface area (Å²) in [7, 11) is 0. The van der Waals surface area contributed by atoms with Gasteiger partial charge < -0.3 is 5.32 Å². The lowest BCUT2D eigenvalue weighted by Gasteiger charge is -2.21. The molecule has 20 heavy (non-hydrogen) atoms. The zero-order valence-electron chi connectivity index (χ0n) is 11.2. The smallest absolute Gasteiger partial charge is 0.338 e. The molecule has 0 fully saturated rings. The first kappa shape index (κ1) is 16.0. The molecule has 0 aliphatic rings. The Morgan fingerprint density at radius 3 is 2.25 bits per heavy atom. The highest BCUT2D eigenvalue weighted by Gasteiger charge is 2.30. The minimum Gasteiger partial charge on any atom is -0.338 e. The van der Waals surface area contributed by atoms with Crippen LogP contribution >= 0.6 is 0 Å². The number of carbonyl (C=O) groups excluding carboxylic acids is 1. The summed E-state index contributed by atoms with van der Waals surface area (Å²) in [6.07, 6.45) is -4.00. The first-order chi connectivity index (χ1) is 9.20. The number of hydrogen-bond acceptors (Lipinski definition) is 2. The van der Waals surface area contributed by atoms with Crippen molar-refractivity contribution in [1.82, 2.24) is 5.32 Å². The fourth-order valence-corrected chi connectivity index (χ4v) is 1.54. The normalized spacial score (nSPS) is 14.2. The average molecular weight is 284 g/mol. The molecule has 0 radical (unpaired) electrons. The van der Waals surface area contributed by atoms with E-state index in [1.54, 1.807) is 13.8 Å². The van der Waals surface area contributed by atoms with Gasteiger partial charge in [-0.05, 0) is 31.0 Å². The van der Waals surface area contributed by atoms with E-state index in [9.17, 15) is 18.0 Å². The fourth-order valence-electron chi connectivity index (χ4n) is 1.54. The number of benzene rings is 1. The van der Waals surface area contributed by atoms with Crippen LogP contribution in [-0.4, -0.2) is 11.4 Å². The van der Waals surface area contributed by atoms with E-state index in [1.165, 1.54) is 12.1 Å². The van der Waals surface area contributed by atoms with Gasteiger partial charge in [0.25, 0.3) is 0 Å². The summed E-state index contributed by atoms with van der Waals surface area (Å²) in [5.74, 6) is -0.393. The number of nitriles is 1. The maximum absolute atomic E-state index is 12.4. The molecular formula is C14H15F3N2O. The molecule has 0 unspecified atom stereocenters. The number of rotatable bonds is 4. The molecule has 1 aromatic rings. The molecule has 1 rings (SSSR count). The molecular weight excluding hydrogens is 269 g/mol. The Morgan fingerprint density at radius 2 is 1.85 bits per heavy atom. The molecule has 1 N–H and O–H groups in total. The van der Waals surface area contributed by atoms with Crippen LogP contribution in [0.4, 0.5) is 13.2 Å². The zero-order chi connectivity index (χ0) is 15.4. The number of amides is 1. The first-order valence-corrected chi connectivity index (χ1v) is 6.08. The van der Waals surface area contributed by atoms with Crippen LogP contribution in [0.3, 0.4) is 0 Å². The standard InChI is InChI=1S/C14H15F3N2O/c1-3-13(2,9-18)19-12(20)8-10-4-6-11(7-5-10)14(15,16)17/h4-7H,3,8H2,1-2H3,(H,19,20)/t13-/m1/s1. The van der Waals surface area contributed by atoms with Crippen molar-refractivity contribution in [1.29, 1.82) is 5.26 Å². The van der Waals surface area contributed by atoms with Crippen LogP contribution < -0.4 is 5.32 Å². The largest absolute Gasteiger partial charge is 0.416 e. The van der Waals surface area contributed by atoms with Gasteiger partial charge in [0.15, 0.2) is 0 Å². The maximum Gasteiger partial charge on any atom is 0.416 e. The van der Waals surface area contributed by atoms with Crippen LogP contribution in [0.5, 0.6) is 0 Å². The van der Waals surface area contributed by atoms with Gasteiger partial charge in [0.1, 0.15) is 5.54 Å². The molecule has 0 bridgehead atoms. The van der Waals surface area contributed by atoms with Crippen molar-refractivity contribution in [3.8, 4) is 6.07 Å². The summed E-state index contributed by atoms with van der Waals surface area (Å²) < 4.78 is 37.1. The van der Waals surface area contributed by atoms with Gasteiger partial charge in [0.05, 0.1) is 18.1 Å². The summed E-state index contributed by atoms with van der Waals surface area (Å²) in [6, 6.07) is 6.39. The van der Waals surface area contributed by atoms with E-state index < -0.39 is 23.2 Å². The van der Waals surface area contributed by atoms with Gasteiger partial charge in [0.2, 0.25) is 5.91 Å². The second-order valence-corrected chi connectivity index (χ2v) is 4.72. The second-order valence-electron chi connectivity index (χ2n) is 4.72. The number of alkyl halides is 3. The number of hydrogen-bond donors (Lipinski definition) is 1. The van der Waals surface area contributed by atoms with Gasteiger partial charge in [0, 0.05) is 0 Å². The van der Waals surface area contributed by atoms with E-state index in [0.717, 1.165) is 12.1 Å². The van der Waals surface area contributed by atoms with Crippen molar-refractivity contribution < 1.29 is 18.0 Å². The van der Waals surface area contributed by atoms with Gasteiger partial charge in [-0.1, -0.05) is 19.1 Å². The van der Waals surface area contributed by atoms with E-state index >= 15 is 0 Å². The number of halogens is 3. The molecule has 0 spiro atoms. The van der Waals surface area contributed by atoms with Gasteiger partial charge in [-0.3, -0.25) is 4.79 Å². The summed E-state index contributed by atoms with van der Waals surface area (Å²) in [6.45, 7) is 3.36. The predicted molar refractivity (Wildman–Crippen MR) is 67.6 cm³/mol. The SMILES string of the molecule is CC[C@](C)(C#N)NC(=O)Cc1ccc(C(F)(F)F)cc1. The Morgan fingerprint density at radius 1 is 1.30 bits per heavy atom. The molecule has 0 aliphatic carbocycles. The number of carbonyl (C=O) groups is 1. The molecule has 0 saturated heterocycles. The molecule has 0 aromatic heterocycles. The minimum atomic E-state index is -4.39. The molecule has 0 aliphatic heterocycles. The summed E-state index contributed by atoms with van der Waals surface area (Å²) >= 11 is 0. The highest BCUT2D eigenvalue weighted by atomic mass is 19.4. The van der Waals surface area contributed by atoms with E-state index in [1.807, 2.05) is 6.07 Å². The maximum atomic E-state index is 12.4. The topological polar surface area (TPSA) is 52.9 Å². The molecule has 108 valence electrons. The molecule has 0 saturated carbocycles. The van der Waals surface area contributed by atoms with Gasteiger partial charge in [-0.2, -0.15) is 18.4 Å². The third-order valence-electron chi connectivity index (χ3n) is 3.02. The third kappa shape index (κ3) is 4.26. The van der Waals surface area contributed by atoms with E-state index in [0.29, 0.717) is 12.0 Å². The Hall–Kier alpha value is -2.03. The molecule has 1 aromatic carbocycles. The lowest BCUT2D eigenvalue weighted by molar-refractivity contribution is -0.137. The van der Waals surface area contributed by atoms with Crippen molar-refractivity contribution in [2.24, 2.45) is 0 Å². The lowest BCUT2D eigenvalue weighted by atomic mass is 10.0. The monoisotopic (exact) mass is 284 g/mol. The van der Waals surface area contributed by atoms with Crippen LogP contribution in [0.1, 0.15) is 31.4 Å². The highest BCUT2D eigenvalue weighted by Crippen LogP contribution is 2.29. The molecule has 1 atom stereocenters. The highest BCUT2D eigenvalue weighted by molar-refractivity contribution is 5.79.